The quantitative estimate of drug-likeness (QED) is 0.724. The van der Waals surface area contributed by atoms with Crippen molar-refractivity contribution in [3.05, 3.63) is 0 Å². The summed E-state index contributed by atoms with van der Waals surface area (Å²) >= 11 is 3.58. The Hall–Kier alpha value is -0.0500. The zero-order valence-corrected chi connectivity index (χ0v) is 10.9. The smallest absolute Gasteiger partial charge is 0.222 e. The third-order valence-electron chi connectivity index (χ3n) is 3.69. The predicted molar refractivity (Wildman–Crippen MR) is 65.1 cm³/mol. The van der Waals surface area contributed by atoms with Crippen molar-refractivity contribution in [1.29, 1.82) is 0 Å². The van der Waals surface area contributed by atoms with Crippen LogP contribution >= 0.6 is 15.9 Å². The van der Waals surface area contributed by atoms with Crippen molar-refractivity contribution in [2.24, 2.45) is 5.41 Å². The zero-order chi connectivity index (χ0) is 10.7. The van der Waals surface area contributed by atoms with Crippen molar-refractivity contribution in [3.63, 3.8) is 0 Å². The lowest BCUT2D eigenvalue weighted by Crippen LogP contribution is -2.38. The van der Waals surface area contributed by atoms with Gasteiger partial charge in [-0.2, -0.15) is 0 Å². The molecule has 1 amide bonds. The van der Waals surface area contributed by atoms with Gasteiger partial charge in [0.2, 0.25) is 5.91 Å². The molecule has 1 aliphatic carbocycles. The number of halogens is 1. The molecule has 0 unspecified atom stereocenters. The van der Waals surface area contributed by atoms with E-state index in [4.69, 9.17) is 0 Å². The van der Waals surface area contributed by atoms with E-state index in [0.29, 0.717) is 11.3 Å². The molecule has 0 N–H and O–H groups in total. The molecular weight excluding hydrogens is 254 g/mol. The molecule has 3 heteroatoms. The molecule has 1 saturated carbocycles. The molecule has 86 valence electrons. The highest BCUT2D eigenvalue weighted by atomic mass is 79.9. The topological polar surface area (TPSA) is 20.3 Å². The minimum absolute atomic E-state index is 0.391. The van der Waals surface area contributed by atoms with Crippen LogP contribution < -0.4 is 0 Å². The highest BCUT2D eigenvalue weighted by Crippen LogP contribution is 2.47. The summed E-state index contributed by atoms with van der Waals surface area (Å²) in [7, 11) is 0. The number of carbonyl (C=O) groups is 1. The van der Waals surface area contributed by atoms with Gasteiger partial charge in [-0.05, 0) is 31.1 Å². The molecule has 2 nitrogen and oxygen atoms in total. The first-order valence-electron chi connectivity index (χ1n) is 6.10. The van der Waals surface area contributed by atoms with Crippen LogP contribution in [0.4, 0.5) is 0 Å². The van der Waals surface area contributed by atoms with E-state index in [1.807, 2.05) is 0 Å². The lowest BCUT2D eigenvalue weighted by Gasteiger charge is -2.28. The van der Waals surface area contributed by atoms with Crippen LogP contribution in [0.3, 0.4) is 0 Å². The molecule has 0 aromatic carbocycles. The maximum Gasteiger partial charge on any atom is 0.222 e. The summed E-state index contributed by atoms with van der Waals surface area (Å²) in [5.41, 5.74) is 0.439. The summed E-state index contributed by atoms with van der Waals surface area (Å²) in [6.07, 6.45) is 8.19. The summed E-state index contributed by atoms with van der Waals surface area (Å²) in [5, 5.41) is 1.06. The number of nitrogens with zero attached hydrogens (tertiary/aromatic N) is 1. The van der Waals surface area contributed by atoms with E-state index in [1.165, 1.54) is 32.1 Å². The molecule has 2 rings (SSSR count). The van der Waals surface area contributed by atoms with Crippen LogP contribution in [-0.4, -0.2) is 29.2 Å². The number of amides is 1. The molecule has 15 heavy (non-hydrogen) atoms. The van der Waals surface area contributed by atoms with Gasteiger partial charge < -0.3 is 4.90 Å². The molecule has 2 fully saturated rings. The van der Waals surface area contributed by atoms with Crippen molar-refractivity contribution >= 4 is 21.8 Å². The first kappa shape index (κ1) is 11.4. The summed E-state index contributed by atoms with van der Waals surface area (Å²) in [6, 6.07) is 0. The van der Waals surface area contributed by atoms with Gasteiger partial charge in [0.1, 0.15) is 0 Å². The Morgan fingerprint density at radius 2 is 1.93 bits per heavy atom. The third-order valence-corrected chi connectivity index (χ3v) is 4.88. The molecular formula is C12H20BrNO. The summed E-state index contributed by atoms with van der Waals surface area (Å²) in [5.74, 6) is 0.391. The molecule has 0 spiro atoms. The van der Waals surface area contributed by atoms with E-state index in [-0.39, 0.29) is 0 Å². The van der Waals surface area contributed by atoms with Crippen LogP contribution in [0, 0.1) is 5.41 Å². The van der Waals surface area contributed by atoms with Crippen molar-refractivity contribution in [3.8, 4) is 0 Å². The van der Waals surface area contributed by atoms with Gasteiger partial charge in [0, 0.05) is 24.8 Å². The number of likely N-dealkylation sites (tertiary alicyclic amines) is 1. The fourth-order valence-electron chi connectivity index (χ4n) is 2.30. The fourth-order valence-corrected chi connectivity index (χ4v) is 3.04. The van der Waals surface area contributed by atoms with Gasteiger partial charge in [0.15, 0.2) is 0 Å². The molecule has 0 atom stereocenters. The van der Waals surface area contributed by atoms with E-state index < -0.39 is 0 Å². The second-order valence-corrected chi connectivity index (χ2v) is 5.67. The normalized spacial score (nSPS) is 25.9. The fraction of sp³-hybridized carbons (Fsp3) is 0.917. The first-order valence-corrected chi connectivity index (χ1v) is 7.22. The van der Waals surface area contributed by atoms with Crippen molar-refractivity contribution in [1.82, 2.24) is 4.90 Å². The highest BCUT2D eigenvalue weighted by molar-refractivity contribution is 9.09. The van der Waals surface area contributed by atoms with E-state index >= 15 is 0 Å². The largest absolute Gasteiger partial charge is 0.342 e. The van der Waals surface area contributed by atoms with Crippen LogP contribution in [0.1, 0.15) is 44.9 Å². The minimum atomic E-state index is 0.391. The zero-order valence-electron chi connectivity index (χ0n) is 9.30. The monoisotopic (exact) mass is 273 g/mol. The molecule has 0 aromatic rings. The molecule has 1 saturated heterocycles. The number of rotatable bonds is 3. The van der Waals surface area contributed by atoms with Gasteiger partial charge in [-0.3, -0.25) is 4.79 Å². The molecule has 1 aliphatic heterocycles. The van der Waals surface area contributed by atoms with Gasteiger partial charge in [-0.1, -0.05) is 28.8 Å². The van der Waals surface area contributed by atoms with Gasteiger partial charge in [0.05, 0.1) is 0 Å². The Bertz CT molecular complexity index is 238. The van der Waals surface area contributed by atoms with Gasteiger partial charge >= 0.3 is 0 Å². The van der Waals surface area contributed by atoms with Crippen molar-refractivity contribution in [2.45, 2.75) is 44.9 Å². The SMILES string of the molecule is O=C1CCCCCCN1CC1(CBr)CC1. The average molecular weight is 274 g/mol. The van der Waals surface area contributed by atoms with Gasteiger partial charge in [0.25, 0.3) is 0 Å². The number of carbonyl (C=O) groups excluding carboxylic acids is 1. The van der Waals surface area contributed by atoms with Crippen molar-refractivity contribution < 1.29 is 4.79 Å². The Morgan fingerprint density at radius 1 is 1.20 bits per heavy atom. The van der Waals surface area contributed by atoms with E-state index in [1.54, 1.807) is 0 Å². The summed E-state index contributed by atoms with van der Waals surface area (Å²) in [4.78, 5) is 14.0. The van der Waals surface area contributed by atoms with Crippen LogP contribution in [0.5, 0.6) is 0 Å². The Morgan fingerprint density at radius 3 is 2.60 bits per heavy atom. The second kappa shape index (κ2) is 4.86. The predicted octanol–water partition coefficient (Wildman–Crippen LogP) is 2.95. The molecule has 0 radical (unpaired) electrons. The Kier molecular flexibility index (Phi) is 3.70. The average Bonchev–Trinajstić information content (AvgIpc) is 2.99. The van der Waals surface area contributed by atoms with Gasteiger partial charge in [-0.15, -0.1) is 0 Å². The third kappa shape index (κ3) is 2.96. The van der Waals surface area contributed by atoms with Crippen LogP contribution in [0.2, 0.25) is 0 Å². The van der Waals surface area contributed by atoms with Crippen LogP contribution in [0.15, 0.2) is 0 Å². The maximum absolute atomic E-state index is 11.9. The number of hydrogen-bond donors (Lipinski definition) is 0. The minimum Gasteiger partial charge on any atom is -0.342 e. The Balaban J connectivity index is 1.89. The first-order chi connectivity index (χ1) is 7.26. The Labute approximate surface area is 101 Å². The number of alkyl halides is 1. The lowest BCUT2D eigenvalue weighted by atomic mass is 10.0. The van der Waals surface area contributed by atoms with Crippen LogP contribution in [0.25, 0.3) is 0 Å². The molecule has 0 bridgehead atoms. The summed E-state index contributed by atoms with van der Waals surface area (Å²) < 4.78 is 0. The van der Waals surface area contributed by atoms with Crippen molar-refractivity contribution in [2.75, 3.05) is 18.4 Å². The molecule has 2 aliphatic rings. The van der Waals surface area contributed by atoms with Crippen LogP contribution in [-0.2, 0) is 4.79 Å². The van der Waals surface area contributed by atoms with E-state index in [9.17, 15) is 4.79 Å². The van der Waals surface area contributed by atoms with E-state index in [0.717, 1.165) is 31.3 Å². The second-order valence-electron chi connectivity index (χ2n) is 5.11. The van der Waals surface area contributed by atoms with E-state index in [2.05, 4.69) is 20.8 Å². The standard InChI is InChI=1S/C12H20BrNO/c13-9-12(6-7-12)10-14-8-4-2-1-3-5-11(14)15/h1-10H2. The molecule has 0 aromatic heterocycles. The number of hydrogen-bond acceptors (Lipinski definition) is 1. The molecule has 1 heterocycles. The highest BCUT2D eigenvalue weighted by Gasteiger charge is 2.43. The van der Waals surface area contributed by atoms with Gasteiger partial charge in [-0.25, -0.2) is 0 Å². The maximum atomic E-state index is 11.9. The summed E-state index contributed by atoms with van der Waals surface area (Å²) in [6.45, 7) is 1.99. The lowest BCUT2D eigenvalue weighted by molar-refractivity contribution is -0.132.